The first-order valence-electron chi connectivity index (χ1n) is 11.3. The number of alkyl halides is 3. The maximum absolute atomic E-state index is 14.0. The van der Waals surface area contributed by atoms with Crippen LogP contribution in [0.1, 0.15) is 22.9 Å². The van der Waals surface area contributed by atoms with E-state index in [9.17, 15) is 27.5 Å². The minimum atomic E-state index is -4.77. The van der Waals surface area contributed by atoms with E-state index in [0.717, 1.165) is 50.1 Å². The molecule has 3 aromatic heterocycles. The number of nitrogens with zero attached hydrogens (tertiary/aromatic N) is 3. The van der Waals surface area contributed by atoms with E-state index in [-0.39, 0.29) is 5.56 Å². The second kappa shape index (κ2) is 9.29. The lowest BCUT2D eigenvalue weighted by Crippen LogP contribution is -2.27. The number of aliphatic hydroxyl groups excluding tert-OH is 1. The quantitative estimate of drug-likeness (QED) is 0.307. The van der Waals surface area contributed by atoms with Crippen molar-refractivity contribution in [3.63, 3.8) is 0 Å². The Labute approximate surface area is 207 Å². The topological polar surface area (TPSA) is 83.8 Å². The van der Waals surface area contributed by atoms with Gasteiger partial charge in [0.05, 0.1) is 23.7 Å². The van der Waals surface area contributed by atoms with Crippen LogP contribution >= 0.6 is 0 Å². The largest absolute Gasteiger partial charge is 0.416 e. The number of rotatable bonds is 5. The molecule has 5 aromatic rings. The van der Waals surface area contributed by atoms with Crippen molar-refractivity contribution in [2.24, 2.45) is 0 Å². The Hall–Kier alpha value is -4.31. The Bertz CT molecular complexity index is 1670. The molecule has 0 aliphatic heterocycles. The van der Waals surface area contributed by atoms with E-state index in [1.54, 1.807) is 12.3 Å². The number of hydrogen-bond acceptors (Lipinski definition) is 4. The Kier molecular flexibility index (Phi) is 6.12. The van der Waals surface area contributed by atoms with E-state index in [0.29, 0.717) is 11.6 Å². The fourth-order valence-electron chi connectivity index (χ4n) is 4.36. The van der Waals surface area contributed by atoms with Crippen LogP contribution in [0.5, 0.6) is 0 Å². The molecule has 0 aliphatic rings. The molecule has 0 amide bonds. The highest BCUT2D eigenvalue weighted by molar-refractivity contribution is 5.95. The zero-order valence-electron chi connectivity index (χ0n) is 19.4. The van der Waals surface area contributed by atoms with Gasteiger partial charge in [-0.25, -0.2) is 4.39 Å². The molecule has 37 heavy (non-hydrogen) atoms. The average molecular weight is 508 g/mol. The first-order chi connectivity index (χ1) is 17.6. The number of hydrogen-bond donors (Lipinski definition) is 2. The molecule has 10 heteroatoms. The molecule has 2 N–H and O–H groups in total. The number of aromatic nitrogens is 4. The van der Waals surface area contributed by atoms with Crippen LogP contribution in [0.2, 0.25) is 0 Å². The van der Waals surface area contributed by atoms with Gasteiger partial charge in [-0.1, -0.05) is 6.07 Å². The van der Waals surface area contributed by atoms with Crippen molar-refractivity contribution in [3.05, 3.63) is 106 Å². The first-order valence-corrected chi connectivity index (χ1v) is 11.3. The van der Waals surface area contributed by atoms with Crippen molar-refractivity contribution >= 4 is 10.9 Å². The zero-order chi connectivity index (χ0) is 26.3. The number of aliphatic hydroxyl groups is 1. The summed E-state index contributed by atoms with van der Waals surface area (Å²) in [7, 11) is 0. The summed E-state index contributed by atoms with van der Waals surface area (Å²) in [6.07, 6.45) is -1.70. The van der Waals surface area contributed by atoms with Gasteiger partial charge in [0, 0.05) is 35.1 Å². The number of H-pyrrole nitrogens is 1. The molecule has 188 valence electrons. The second-order valence-corrected chi connectivity index (χ2v) is 8.65. The van der Waals surface area contributed by atoms with E-state index in [4.69, 9.17) is 0 Å². The molecule has 0 fully saturated rings. The lowest BCUT2D eigenvalue weighted by atomic mass is 10.0. The summed E-state index contributed by atoms with van der Waals surface area (Å²) in [5.74, 6) is -1.11. The Morgan fingerprint density at radius 3 is 2.49 bits per heavy atom. The van der Waals surface area contributed by atoms with Crippen LogP contribution in [0.15, 0.2) is 77.9 Å². The van der Waals surface area contributed by atoms with Gasteiger partial charge in [-0.05, 0) is 72.1 Å². The van der Waals surface area contributed by atoms with E-state index in [2.05, 4.69) is 15.2 Å². The van der Waals surface area contributed by atoms with Gasteiger partial charge in [-0.2, -0.15) is 18.3 Å². The second-order valence-electron chi connectivity index (χ2n) is 8.65. The van der Waals surface area contributed by atoms with Crippen molar-refractivity contribution < 1.29 is 22.7 Å². The molecular formula is C27H20F4N4O2. The highest BCUT2D eigenvalue weighted by Gasteiger charge is 2.32. The van der Waals surface area contributed by atoms with Crippen LogP contribution in [0.3, 0.4) is 0 Å². The van der Waals surface area contributed by atoms with Gasteiger partial charge in [0.25, 0.3) is 5.56 Å². The maximum Gasteiger partial charge on any atom is 0.416 e. The highest BCUT2D eigenvalue weighted by atomic mass is 19.4. The van der Waals surface area contributed by atoms with E-state index in [1.165, 1.54) is 12.3 Å². The molecular weight excluding hydrogens is 488 g/mol. The average Bonchev–Trinajstić information content (AvgIpc) is 3.28. The normalized spacial score (nSPS) is 12.7. The lowest BCUT2D eigenvalue weighted by molar-refractivity contribution is -0.137. The third-order valence-electron chi connectivity index (χ3n) is 6.16. The van der Waals surface area contributed by atoms with E-state index >= 15 is 0 Å². The van der Waals surface area contributed by atoms with Gasteiger partial charge in [0.2, 0.25) is 0 Å². The minimum absolute atomic E-state index is 0.165. The molecule has 1 atom stereocenters. The third kappa shape index (κ3) is 4.75. The molecule has 0 spiro atoms. The van der Waals surface area contributed by atoms with Crippen molar-refractivity contribution in [2.75, 3.05) is 6.61 Å². The summed E-state index contributed by atoms with van der Waals surface area (Å²) in [5.41, 5.74) is 2.60. The molecule has 2 aromatic carbocycles. The van der Waals surface area contributed by atoms with Gasteiger partial charge in [0.15, 0.2) is 0 Å². The minimum Gasteiger partial charge on any atom is -0.394 e. The van der Waals surface area contributed by atoms with Gasteiger partial charge >= 0.3 is 6.18 Å². The summed E-state index contributed by atoms with van der Waals surface area (Å²) in [6.45, 7) is 1.18. The van der Waals surface area contributed by atoms with E-state index in [1.807, 2.05) is 37.3 Å². The summed E-state index contributed by atoms with van der Waals surface area (Å²) < 4.78 is 54.6. The van der Waals surface area contributed by atoms with Crippen molar-refractivity contribution in [3.8, 4) is 22.4 Å². The van der Waals surface area contributed by atoms with Crippen LogP contribution < -0.4 is 5.56 Å². The Balaban J connectivity index is 1.54. The predicted octanol–water partition coefficient (Wildman–Crippen LogP) is 5.50. The van der Waals surface area contributed by atoms with Crippen LogP contribution in [-0.4, -0.2) is 31.5 Å². The summed E-state index contributed by atoms with van der Waals surface area (Å²) in [4.78, 5) is 17.2. The maximum atomic E-state index is 14.0. The number of pyridine rings is 2. The van der Waals surface area contributed by atoms with Crippen molar-refractivity contribution in [1.82, 2.24) is 19.7 Å². The lowest BCUT2D eigenvalue weighted by Gasteiger charge is -2.20. The van der Waals surface area contributed by atoms with Gasteiger partial charge in [-0.3, -0.25) is 14.9 Å². The predicted molar refractivity (Wildman–Crippen MR) is 130 cm³/mol. The van der Waals surface area contributed by atoms with Crippen LogP contribution in [-0.2, 0) is 6.18 Å². The summed E-state index contributed by atoms with van der Waals surface area (Å²) >= 11 is 0. The molecule has 0 aliphatic carbocycles. The molecule has 0 saturated carbocycles. The van der Waals surface area contributed by atoms with Gasteiger partial charge < -0.3 is 9.67 Å². The van der Waals surface area contributed by atoms with Crippen molar-refractivity contribution in [1.29, 1.82) is 0 Å². The fraction of sp³-hybridized carbons (Fsp3) is 0.148. The van der Waals surface area contributed by atoms with Crippen LogP contribution in [0, 0.1) is 12.7 Å². The first kappa shape index (κ1) is 24.4. The third-order valence-corrected chi connectivity index (χ3v) is 6.16. The highest BCUT2D eigenvalue weighted by Crippen LogP contribution is 2.33. The number of aryl methyl sites for hydroxylation is 1. The number of nitrogens with one attached hydrogen (secondary N) is 1. The monoisotopic (exact) mass is 508 g/mol. The van der Waals surface area contributed by atoms with Crippen LogP contribution in [0.25, 0.3) is 33.3 Å². The Morgan fingerprint density at radius 1 is 1.00 bits per heavy atom. The van der Waals surface area contributed by atoms with Crippen molar-refractivity contribution in [2.45, 2.75) is 19.1 Å². The smallest absolute Gasteiger partial charge is 0.394 e. The standard InChI is InChI=1S/C27H20F4N4O2/c1-15-8-18(4-6-32-15)26-22-11-16(2-3-23(22)33-34-26)17-5-7-35(25(37)12-17)24(14-36)19-9-20(27(29,30)31)13-21(28)10-19/h2-13,24,36H,14H2,1H3,(H,33,34)/t24-/m1/s1. The summed E-state index contributed by atoms with van der Waals surface area (Å²) in [6, 6.07) is 13.0. The molecule has 6 nitrogen and oxygen atoms in total. The van der Waals surface area contributed by atoms with Gasteiger partial charge in [0.1, 0.15) is 11.5 Å². The number of aromatic amines is 1. The van der Waals surface area contributed by atoms with Crippen LogP contribution in [0.4, 0.5) is 17.6 Å². The summed E-state index contributed by atoms with van der Waals surface area (Å²) in [5, 5.41) is 18.1. The molecule has 0 unspecified atom stereocenters. The SMILES string of the molecule is Cc1cc(-c2n[nH]c3ccc(-c4ccn([C@H](CO)c5cc(F)cc(C(F)(F)F)c5)c(=O)c4)cc23)ccn1. The molecule has 0 saturated heterocycles. The molecule has 3 heterocycles. The number of benzene rings is 2. The molecule has 0 bridgehead atoms. The number of fused-ring (bicyclic) bond motifs is 1. The number of halogens is 4. The van der Waals surface area contributed by atoms with E-state index < -0.39 is 35.8 Å². The fourth-order valence-corrected chi connectivity index (χ4v) is 4.36. The zero-order valence-corrected chi connectivity index (χ0v) is 19.4. The Morgan fingerprint density at radius 2 is 1.78 bits per heavy atom. The molecule has 5 rings (SSSR count). The molecule has 0 radical (unpaired) electrons. The van der Waals surface area contributed by atoms with Gasteiger partial charge in [-0.15, -0.1) is 0 Å².